The normalized spacial score (nSPS) is 35.4. The van der Waals surface area contributed by atoms with Gasteiger partial charge in [-0.1, -0.05) is 54.9 Å². The van der Waals surface area contributed by atoms with E-state index in [2.05, 4.69) is 29.0 Å². The van der Waals surface area contributed by atoms with Crippen molar-refractivity contribution in [1.29, 1.82) is 0 Å². The monoisotopic (exact) mass is 463 g/mol. The first-order chi connectivity index (χ1) is 16.8. The van der Waals surface area contributed by atoms with Gasteiger partial charge < -0.3 is 20.3 Å². The van der Waals surface area contributed by atoms with Gasteiger partial charge >= 0.3 is 0 Å². The van der Waals surface area contributed by atoms with E-state index in [1.807, 2.05) is 6.92 Å². The fourth-order valence-corrected chi connectivity index (χ4v) is 6.43. The number of benzene rings is 2. The number of ketones is 3. The lowest BCUT2D eigenvalue weighted by molar-refractivity contribution is -0.141. The second-order valence-corrected chi connectivity index (χ2v) is 9.56. The highest BCUT2D eigenvalue weighted by Gasteiger charge is 2.89. The zero-order chi connectivity index (χ0) is 24.3. The number of phenolic OH excluding ortho intramolecular Hbond substituents is 1. The number of epoxide rings is 1. The summed E-state index contributed by atoms with van der Waals surface area (Å²) >= 11 is 0. The molecule has 3 aliphatic carbocycles. The molecule has 0 spiro atoms. The van der Waals surface area contributed by atoms with Crippen LogP contribution in [0.4, 0.5) is 5.69 Å². The van der Waals surface area contributed by atoms with Crippen molar-refractivity contribution < 1.29 is 29.3 Å². The highest BCUT2D eigenvalue weighted by atomic mass is 16.7. The molecule has 2 aromatic carbocycles. The number of carbonyl (C=O) groups excluding carboxylic acids is 3. The minimum Gasteiger partial charge on any atom is -0.507 e. The number of hydrogen-bond donors (Lipinski definition) is 3. The van der Waals surface area contributed by atoms with E-state index in [-0.39, 0.29) is 45.8 Å². The molecule has 7 nitrogen and oxygen atoms in total. The van der Waals surface area contributed by atoms with Gasteiger partial charge in [0.05, 0.1) is 16.8 Å². The summed E-state index contributed by atoms with van der Waals surface area (Å²) < 4.78 is 6.39. The molecule has 5 atom stereocenters. The van der Waals surface area contributed by atoms with Gasteiger partial charge in [-0.3, -0.25) is 14.4 Å². The molecule has 170 valence electrons. The van der Waals surface area contributed by atoms with E-state index in [1.54, 1.807) is 24.3 Å². The highest BCUT2D eigenvalue weighted by molar-refractivity contribution is 6.31. The molecule has 0 aromatic heterocycles. The number of fused-ring (bicyclic) bond motifs is 4. The Hall–Kier alpha value is -4.17. The number of carbonyl (C=O) groups is 3. The van der Waals surface area contributed by atoms with Gasteiger partial charge in [0.1, 0.15) is 17.4 Å². The molecule has 7 rings (SSSR count). The zero-order valence-corrected chi connectivity index (χ0v) is 18.4. The van der Waals surface area contributed by atoms with Crippen molar-refractivity contribution in [3.63, 3.8) is 0 Å². The number of rotatable bonds is 0. The maximum atomic E-state index is 13.7. The van der Waals surface area contributed by atoms with Crippen LogP contribution >= 0.6 is 0 Å². The second-order valence-electron chi connectivity index (χ2n) is 9.56. The lowest BCUT2D eigenvalue weighted by Crippen LogP contribution is -2.64. The Balaban J connectivity index is 1.60. The number of hydrogen-bond acceptors (Lipinski definition) is 7. The average Bonchev–Trinajstić information content (AvgIpc) is 3.58. The molecule has 2 aromatic rings. The molecule has 0 radical (unpaired) electrons. The van der Waals surface area contributed by atoms with E-state index >= 15 is 0 Å². The van der Waals surface area contributed by atoms with Crippen molar-refractivity contribution in [2.24, 2.45) is 5.92 Å². The minimum atomic E-state index is -2.24. The second kappa shape index (κ2) is 6.09. The van der Waals surface area contributed by atoms with Crippen molar-refractivity contribution in [3.05, 3.63) is 70.3 Å². The predicted molar refractivity (Wildman–Crippen MR) is 123 cm³/mol. The Bertz CT molecular complexity index is 1610. The van der Waals surface area contributed by atoms with Gasteiger partial charge in [-0.2, -0.15) is 0 Å². The van der Waals surface area contributed by atoms with E-state index in [0.717, 1.165) is 0 Å². The van der Waals surface area contributed by atoms with Crippen LogP contribution in [-0.4, -0.2) is 44.8 Å². The molecule has 2 fully saturated rings. The quantitative estimate of drug-likeness (QED) is 0.265. The molecule has 0 unspecified atom stereocenters. The number of nitrogens with one attached hydrogen (secondary N) is 1. The molecule has 5 aliphatic rings. The third kappa shape index (κ3) is 2.02. The van der Waals surface area contributed by atoms with E-state index in [9.17, 15) is 24.6 Å². The Kier molecular flexibility index (Phi) is 3.52. The van der Waals surface area contributed by atoms with Gasteiger partial charge in [-0.05, 0) is 24.1 Å². The van der Waals surface area contributed by atoms with Crippen molar-refractivity contribution >= 4 is 23.0 Å². The van der Waals surface area contributed by atoms with Crippen LogP contribution in [0.5, 0.6) is 5.75 Å². The largest absolute Gasteiger partial charge is 0.507 e. The van der Waals surface area contributed by atoms with E-state index in [1.165, 1.54) is 18.2 Å². The third-order valence-electron chi connectivity index (χ3n) is 7.97. The summed E-state index contributed by atoms with van der Waals surface area (Å²) in [6.07, 6.45) is 2.98. The topological polar surface area (TPSA) is 116 Å². The number of anilines is 1. The smallest absolute Gasteiger partial charge is 0.221 e. The highest BCUT2D eigenvalue weighted by Crippen LogP contribution is 2.73. The first-order valence-corrected chi connectivity index (χ1v) is 11.3. The number of aromatic hydroxyl groups is 1. The summed E-state index contributed by atoms with van der Waals surface area (Å²) in [7, 11) is 0. The molecular weight excluding hydrogens is 446 g/mol. The Labute approximate surface area is 199 Å². The van der Waals surface area contributed by atoms with Crippen LogP contribution in [0, 0.1) is 29.6 Å². The first-order valence-electron chi connectivity index (χ1n) is 11.3. The van der Waals surface area contributed by atoms with Gasteiger partial charge in [-0.25, -0.2) is 0 Å². The molecule has 0 amide bonds. The van der Waals surface area contributed by atoms with Gasteiger partial charge in [0.15, 0.2) is 23.0 Å². The molecule has 35 heavy (non-hydrogen) atoms. The number of allylic oxidation sites excluding steroid dienone is 2. The zero-order valence-electron chi connectivity index (χ0n) is 18.4. The van der Waals surface area contributed by atoms with Crippen molar-refractivity contribution in [2.45, 2.75) is 36.2 Å². The number of phenols is 1. The van der Waals surface area contributed by atoms with Gasteiger partial charge in [0.2, 0.25) is 5.60 Å². The molecule has 7 heteroatoms. The van der Waals surface area contributed by atoms with Crippen LogP contribution in [0.3, 0.4) is 0 Å². The van der Waals surface area contributed by atoms with Crippen LogP contribution in [0.2, 0.25) is 0 Å². The Morgan fingerprint density at radius 1 is 1.06 bits per heavy atom. The summed E-state index contributed by atoms with van der Waals surface area (Å²) in [6, 6.07) is 7.00. The molecular formula is C28H17NO6. The molecule has 4 bridgehead atoms. The van der Waals surface area contributed by atoms with Crippen LogP contribution in [0.15, 0.2) is 42.5 Å². The SMILES string of the molecule is C[C@H]1CC(=O)[C@@]2(O)C#C/C=C\C#C[C@@H]3Nc4c(cc(O)c5c4C(=O)c4ccccc4C5=O)[C@]24O[C@]314. The summed E-state index contributed by atoms with van der Waals surface area (Å²) in [4.78, 5) is 40.3. The minimum absolute atomic E-state index is 0.0214. The predicted octanol–water partition coefficient (Wildman–Crippen LogP) is 1.84. The standard InChI is InChI=1S/C28H17NO6/c1-14-12-20(31)26(34)11-7-3-2-4-10-19-27(14)28(26,35-27)17-13-18(30)21-22(23(17)29-19)25(33)16-9-6-5-8-15(16)24(21)32/h2-3,5-6,8-9,13-14,19,29-30,34H,12H2,1H3/b3-2-/t14-,19-,26-,27-,28-/m0/s1. The lowest BCUT2D eigenvalue weighted by Gasteiger charge is -2.45. The van der Waals surface area contributed by atoms with Gasteiger partial charge in [0.25, 0.3) is 0 Å². The maximum absolute atomic E-state index is 13.7. The third-order valence-corrected chi connectivity index (χ3v) is 7.97. The van der Waals surface area contributed by atoms with Crippen LogP contribution in [0.1, 0.15) is 50.8 Å². The first kappa shape index (κ1) is 20.2. The van der Waals surface area contributed by atoms with E-state index < -0.39 is 45.9 Å². The molecule has 1 saturated heterocycles. The average molecular weight is 463 g/mol. The summed E-state index contributed by atoms with van der Waals surface area (Å²) in [5.74, 6) is 9.18. The lowest BCUT2D eigenvalue weighted by atomic mass is 9.57. The molecule has 2 heterocycles. The van der Waals surface area contributed by atoms with Crippen LogP contribution < -0.4 is 5.32 Å². The summed E-state index contributed by atoms with van der Waals surface area (Å²) in [5, 5.41) is 26.2. The Morgan fingerprint density at radius 3 is 2.49 bits per heavy atom. The fraction of sp³-hybridized carbons (Fsp3) is 0.250. The van der Waals surface area contributed by atoms with Crippen LogP contribution in [-0.2, 0) is 15.1 Å². The number of Topliss-reactive ketones (excluding diaryl/α,β-unsaturated/α-hetero) is 1. The summed E-state index contributed by atoms with van der Waals surface area (Å²) in [6.45, 7) is 1.85. The molecule has 1 saturated carbocycles. The van der Waals surface area contributed by atoms with Crippen LogP contribution in [0.25, 0.3) is 0 Å². The van der Waals surface area contributed by atoms with Crippen molar-refractivity contribution in [1.82, 2.24) is 0 Å². The van der Waals surface area contributed by atoms with Crippen molar-refractivity contribution in [3.8, 4) is 29.4 Å². The fourth-order valence-electron chi connectivity index (χ4n) is 6.43. The molecule has 2 aliphatic heterocycles. The Morgan fingerprint density at radius 2 is 1.74 bits per heavy atom. The van der Waals surface area contributed by atoms with E-state index in [0.29, 0.717) is 0 Å². The molecule has 3 N–H and O–H groups in total. The number of ether oxygens (including phenoxy) is 1. The van der Waals surface area contributed by atoms with E-state index in [4.69, 9.17) is 4.74 Å². The number of aliphatic hydroxyl groups is 1. The maximum Gasteiger partial charge on any atom is 0.221 e. The van der Waals surface area contributed by atoms with Crippen molar-refractivity contribution in [2.75, 3.05) is 5.32 Å². The van der Waals surface area contributed by atoms with Gasteiger partial charge in [0, 0.05) is 23.1 Å². The van der Waals surface area contributed by atoms with Gasteiger partial charge in [-0.15, -0.1) is 0 Å². The summed E-state index contributed by atoms with van der Waals surface area (Å²) in [5.41, 5.74) is -4.35.